The van der Waals surface area contributed by atoms with E-state index in [1.54, 1.807) is 49.3 Å². The number of aromatic hydroxyl groups is 1. The van der Waals surface area contributed by atoms with Crippen molar-refractivity contribution in [2.45, 2.75) is 25.7 Å². The second-order valence-electron chi connectivity index (χ2n) is 10.3. The molecular formula is C31H32N4O6. The van der Waals surface area contributed by atoms with Crippen LogP contribution in [-0.4, -0.2) is 75.7 Å². The Morgan fingerprint density at radius 3 is 2.59 bits per heavy atom. The summed E-state index contributed by atoms with van der Waals surface area (Å²) in [5, 5.41) is 22.7. The molecule has 4 aromatic rings. The van der Waals surface area contributed by atoms with E-state index in [0.29, 0.717) is 30.9 Å². The first-order valence-corrected chi connectivity index (χ1v) is 13.2. The van der Waals surface area contributed by atoms with Crippen molar-refractivity contribution < 1.29 is 29.3 Å². The SMILES string of the molecule is CN(Cc1cc2ccccc2n1Cc1ccc(O)cc1)C(=O)c1ccc2c(c1)CN(C)C(=O)C(COCC(=O)O)N2. The van der Waals surface area contributed by atoms with Crippen molar-refractivity contribution in [3.05, 3.63) is 95.2 Å². The van der Waals surface area contributed by atoms with Gasteiger partial charge in [0.05, 0.1) is 13.2 Å². The number of rotatable bonds is 9. The fraction of sp³-hybridized carbons (Fsp3) is 0.258. The van der Waals surface area contributed by atoms with Gasteiger partial charge in [-0.3, -0.25) is 9.59 Å². The number of carboxylic acid groups (broad SMARTS) is 1. The highest BCUT2D eigenvalue weighted by atomic mass is 16.5. The average molecular weight is 557 g/mol. The number of likely N-dealkylation sites (N-methyl/N-ethyl adjacent to an activating group) is 1. The molecule has 0 bridgehead atoms. The minimum Gasteiger partial charge on any atom is -0.508 e. The monoisotopic (exact) mass is 556 g/mol. The number of ether oxygens (including phenoxy) is 1. The Balaban J connectivity index is 1.35. The lowest BCUT2D eigenvalue weighted by atomic mass is 10.1. The first kappa shape index (κ1) is 27.7. The van der Waals surface area contributed by atoms with Crippen molar-refractivity contribution in [2.24, 2.45) is 0 Å². The van der Waals surface area contributed by atoms with Crippen LogP contribution < -0.4 is 5.32 Å². The zero-order valence-electron chi connectivity index (χ0n) is 22.9. The van der Waals surface area contributed by atoms with Gasteiger partial charge >= 0.3 is 5.97 Å². The van der Waals surface area contributed by atoms with E-state index in [9.17, 15) is 19.5 Å². The van der Waals surface area contributed by atoms with E-state index < -0.39 is 18.6 Å². The molecule has 0 fully saturated rings. The van der Waals surface area contributed by atoms with Crippen LogP contribution in [0.15, 0.2) is 72.8 Å². The highest BCUT2D eigenvalue weighted by Crippen LogP contribution is 2.26. The highest BCUT2D eigenvalue weighted by Gasteiger charge is 2.28. The molecule has 0 spiro atoms. The number of nitrogens with zero attached hydrogens (tertiary/aromatic N) is 3. The Labute approximate surface area is 237 Å². The maximum atomic E-state index is 13.6. The molecular weight excluding hydrogens is 524 g/mol. The van der Waals surface area contributed by atoms with Gasteiger partial charge < -0.3 is 34.6 Å². The number of para-hydroxylation sites is 1. The molecule has 0 radical (unpaired) electrons. The number of amides is 2. The van der Waals surface area contributed by atoms with Crippen molar-refractivity contribution in [3.8, 4) is 5.75 Å². The van der Waals surface area contributed by atoms with E-state index in [1.807, 2.05) is 30.3 Å². The molecule has 10 heteroatoms. The molecule has 1 unspecified atom stereocenters. The molecule has 1 atom stereocenters. The van der Waals surface area contributed by atoms with Crippen LogP contribution in [0.4, 0.5) is 5.69 Å². The molecule has 3 aromatic carbocycles. The summed E-state index contributed by atoms with van der Waals surface area (Å²) in [7, 11) is 3.43. The number of phenolic OH excluding ortho intramolecular Hbond substituents is 1. The molecule has 2 heterocycles. The Bertz CT molecular complexity index is 1600. The van der Waals surface area contributed by atoms with E-state index in [0.717, 1.165) is 27.7 Å². The van der Waals surface area contributed by atoms with Crippen LogP contribution >= 0.6 is 0 Å². The number of aliphatic carboxylic acids is 1. The summed E-state index contributed by atoms with van der Waals surface area (Å²) in [6.07, 6.45) is 0. The van der Waals surface area contributed by atoms with Crippen LogP contribution in [0.1, 0.15) is 27.2 Å². The van der Waals surface area contributed by atoms with E-state index in [4.69, 9.17) is 9.84 Å². The normalized spacial score (nSPS) is 14.8. The molecule has 1 aliphatic rings. The number of carbonyl (C=O) groups excluding carboxylic acids is 2. The van der Waals surface area contributed by atoms with Crippen LogP contribution in [0.5, 0.6) is 5.75 Å². The molecule has 10 nitrogen and oxygen atoms in total. The van der Waals surface area contributed by atoms with Gasteiger partial charge in [0.1, 0.15) is 18.4 Å². The molecule has 41 heavy (non-hydrogen) atoms. The largest absolute Gasteiger partial charge is 0.508 e. The van der Waals surface area contributed by atoms with Crippen molar-refractivity contribution in [3.63, 3.8) is 0 Å². The first-order chi connectivity index (χ1) is 19.7. The number of nitrogens with one attached hydrogen (secondary N) is 1. The number of anilines is 1. The second-order valence-corrected chi connectivity index (χ2v) is 10.3. The first-order valence-electron chi connectivity index (χ1n) is 13.2. The van der Waals surface area contributed by atoms with Crippen LogP contribution in [-0.2, 0) is 34.0 Å². The molecule has 3 N–H and O–H groups in total. The van der Waals surface area contributed by atoms with Crippen molar-refractivity contribution in [2.75, 3.05) is 32.6 Å². The predicted molar refractivity (Wildman–Crippen MR) is 154 cm³/mol. The van der Waals surface area contributed by atoms with Crippen LogP contribution in [0.2, 0.25) is 0 Å². The number of carbonyl (C=O) groups is 3. The van der Waals surface area contributed by atoms with Crippen LogP contribution in [0.3, 0.4) is 0 Å². The van der Waals surface area contributed by atoms with Crippen molar-refractivity contribution in [1.29, 1.82) is 0 Å². The van der Waals surface area contributed by atoms with Gasteiger partial charge in [0.15, 0.2) is 0 Å². The minimum atomic E-state index is -1.10. The second kappa shape index (κ2) is 11.7. The lowest BCUT2D eigenvalue weighted by molar-refractivity contribution is -0.143. The van der Waals surface area contributed by atoms with Gasteiger partial charge in [-0.2, -0.15) is 0 Å². The molecule has 0 aliphatic carbocycles. The number of hydrogen-bond donors (Lipinski definition) is 3. The molecule has 1 aliphatic heterocycles. The van der Waals surface area contributed by atoms with Crippen LogP contribution in [0.25, 0.3) is 10.9 Å². The smallest absolute Gasteiger partial charge is 0.329 e. The molecule has 212 valence electrons. The summed E-state index contributed by atoms with van der Waals surface area (Å²) >= 11 is 0. The Kier molecular flexibility index (Phi) is 7.93. The van der Waals surface area contributed by atoms with Gasteiger partial charge in [-0.25, -0.2) is 4.79 Å². The zero-order chi connectivity index (χ0) is 29.1. The quantitative estimate of drug-likeness (QED) is 0.288. The Morgan fingerprint density at radius 2 is 1.83 bits per heavy atom. The van der Waals surface area contributed by atoms with Gasteiger partial charge in [-0.15, -0.1) is 0 Å². The Morgan fingerprint density at radius 1 is 1.07 bits per heavy atom. The van der Waals surface area contributed by atoms with E-state index >= 15 is 0 Å². The molecule has 0 saturated carbocycles. The third-order valence-corrected chi connectivity index (χ3v) is 7.19. The van der Waals surface area contributed by atoms with Gasteiger partial charge in [-0.05, 0) is 59.0 Å². The zero-order valence-corrected chi connectivity index (χ0v) is 22.9. The topological polar surface area (TPSA) is 124 Å². The Hall–Kier alpha value is -4.83. The summed E-state index contributed by atoms with van der Waals surface area (Å²) in [4.78, 5) is 40.4. The maximum absolute atomic E-state index is 13.6. The molecule has 2 amide bonds. The van der Waals surface area contributed by atoms with E-state index in [1.165, 1.54) is 4.90 Å². The molecule has 5 rings (SSSR count). The summed E-state index contributed by atoms with van der Waals surface area (Å²) < 4.78 is 7.34. The fourth-order valence-corrected chi connectivity index (χ4v) is 5.13. The molecule has 1 aromatic heterocycles. The van der Waals surface area contributed by atoms with Gasteiger partial charge in [0.2, 0.25) is 5.91 Å². The standard InChI is InChI=1S/C31H32N4O6/c1-33-16-23-13-22(9-12-26(23)32-27(31(33)40)18-41-19-29(37)38)30(39)34(2)17-24-14-21-5-3-4-6-28(21)35(24)15-20-7-10-25(36)11-8-20/h3-14,27,32,36H,15-19H2,1-2H3,(H,37,38). The number of benzene rings is 3. The lowest BCUT2D eigenvalue weighted by Crippen LogP contribution is -2.41. The number of carboxylic acids is 1. The molecule has 0 saturated heterocycles. The lowest BCUT2D eigenvalue weighted by Gasteiger charge is -2.20. The van der Waals surface area contributed by atoms with Crippen molar-refractivity contribution >= 4 is 34.4 Å². The third kappa shape index (κ3) is 6.17. The van der Waals surface area contributed by atoms with Gasteiger partial charge in [0.25, 0.3) is 5.91 Å². The highest BCUT2D eigenvalue weighted by molar-refractivity contribution is 5.95. The van der Waals surface area contributed by atoms with Crippen LogP contribution in [0, 0.1) is 0 Å². The maximum Gasteiger partial charge on any atom is 0.329 e. The third-order valence-electron chi connectivity index (χ3n) is 7.19. The van der Waals surface area contributed by atoms with Gasteiger partial charge in [0, 0.05) is 49.6 Å². The predicted octanol–water partition coefficient (Wildman–Crippen LogP) is 3.52. The average Bonchev–Trinajstić information content (AvgIpc) is 3.23. The minimum absolute atomic E-state index is 0.0868. The van der Waals surface area contributed by atoms with Gasteiger partial charge in [-0.1, -0.05) is 30.3 Å². The van der Waals surface area contributed by atoms with E-state index in [2.05, 4.69) is 22.0 Å². The summed E-state index contributed by atoms with van der Waals surface area (Å²) in [6.45, 7) is 0.685. The summed E-state index contributed by atoms with van der Waals surface area (Å²) in [6, 6.07) is 21.8. The number of aromatic nitrogens is 1. The summed E-state index contributed by atoms with van der Waals surface area (Å²) in [5.41, 5.74) is 5.03. The number of fused-ring (bicyclic) bond motifs is 2. The van der Waals surface area contributed by atoms with E-state index in [-0.39, 0.29) is 24.2 Å². The fourth-order valence-electron chi connectivity index (χ4n) is 5.13. The number of hydrogen-bond acceptors (Lipinski definition) is 6. The summed E-state index contributed by atoms with van der Waals surface area (Å²) in [5.74, 6) is -1.27. The van der Waals surface area contributed by atoms with Crippen molar-refractivity contribution in [1.82, 2.24) is 14.4 Å². The number of phenols is 1.